The van der Waals surface area contributed by atoms with E-state index in [1.165, 1.54) is 6.07 Å². The fraction of sp³-hybridized carbons (Fsp3) is 0.364. The molecule has 0 aliphatic carbocycles. The standard InChI is InChI=1S/C11H12F3N3O/c12-8-2-1-6(15)3-7(8)11(10(13)14)5-18-4-9(16)17-11/h1-3,10H,4-5,15H2,(H2,16,17)/t11-/m0/s1. The first-order valence-corrected chi connectivity index (χ1v) is 5.21. The number of rotatable bonds is 2. The van der Waals surface area contributed by atoms with E-state index in [9.17, 15) is 13.2 Å². The van der Waals surface area contributed by atoms with E-state index in [-0.39, 0.29) is 23.7 Å². The molecular formula is C11H12F3N3O. The van der Waals surface area contributed by atoms with Gasteiger partial charge in [0.1, 0.15) is 18.3 Å². The number of ether oxygens (including phenoxy) is 1. The van der Waals surface area contributed by atoms with E-state index in [1.54, 1.807) is 0 Å². The van der Waals surface area contributed by atoms with Crippen LogP contribution in [-0.4, -0.2) is 25.5 Å². The number of benzene rings is 1. The maximum atomic E-state index is 13.7. The van der Waals surface area contributed by atoms with E-state index in [0.717, 1.165) is 12.1 Å². The van der Waals surface area contributed by atoms with Crippen LogP contribution in [0.1, 0.15) is 5.56 Å². The molecule has 1 aromatic carbocycles. The average Bonchev–Trinajstić information content (AvgIpc) is 2.32. The molecule has 0 spiro atoms. The summed E-state index contributed by atoms with van der Waals surface area (Å²) in [6, 6.07) is 3.44. The van der Waals surface area contributed by atoms with E-state index < -0.39 is 24.4 Å². The molecule has 0 saturated carbocycles. The van der Waals surface area contributed by atoms with Crippen LogP contribution in [0.2, 0.25) is 0 Å². The summed E-state index contributed by atoms with van der Waals surface area (Å²) in [5.74, 6) is -0.907. The van der Waals surface area contributed by atoms with Gasteiger partial charge in [0.15, 0.2) is 5.54 Å². The Hall–Kier alpha value is -1.76. The Morgan fingerprint density at radius 3 is 2.67 bits per heavy atom. The Labute approximate surface area is 101 Å². The van der Waals surface area contributed by atoms with E-state index in [4.69, 9.17) is 16.2 Å². The Kier molecular flexibility index (Phi) is 3.16. The predicted molar refractivity (Wildman–Crippen MR) is 60.9 cm³/mol. The van der Waals surface area contributed by atoms with Crippen LogP contribution < -0.4 is 11.5 Å². The first-order valence-electron chi connectivity index (χ1n) is 5.21. The van der Waals surface area contributed by atoms with Crippen molar-refractivity contribution in [3.05, 3.63) is 29.6 Å². The molecule has 7 heteroatoms. The maximum Gasteiger partial charge on any atom is 0.269 e. The van der Waals surface area contributed by atoms with Crippen molar-refractivity contribution in [1.29, 1.82) is 0 Å². The zero-order chi connectivity index (χ0) is 13.3. The highest BCUT2D eigenvalue weighted by Gasteiger charge is 2.46. The van der Waals surface area contributed by atoms with Gasteiger partial charge in [0.2, 0.25) is 0 Å². The summed E-state index contributed by atoms with van der Waals surface area (Å²) in [5.41, 5.74) is 8.65. The Bertz CT molecular complexity index is 492. The van der Waals surface area contributed by atoms with Gasteiger partial charge < -0.3 is 16.2 Å². The number of hydrogen-bond donors (Lipinski definition) is 2. The molecule has 98 valence electrons. The number of amidine groups is 1. The average molecular weight is 259 g/mol. The highest BCUT2D eigenvalue weighted by molar-refractivity contribution is 5.82. The van der Waals surface area contributed by atoms with Crippen molar-refractivity contribution >= 4 is 11.5 Å². The number of halogens is 3. The van der Waals surface area contributed by atoms with Crippen molar-refractivity contribution in [3.8, 4) is 0 Å². The monoisotopic (exact) mass is 259 g/mol. The third kappa shape index (κ3) is 2.01. The number of anilines is 1. The van der Waals surface area contributed by atoms with Crippen molar-refractivity contribution in [2.45, 2.75) is 12.0 Å². The SMILES string of the molecule is NC1=N[C@@](c2cc(N)ccc2F)(C(F)F)COC1. The van der Waals surface area contributed by atoms with Gasteiger partial charge in [0.05, 0.1) is 6.61 Å². The molecule has 0 unspecified atom stereocenters. The van der Waals surface area contributed by atoms with E-state index >= 15 is 0 Å². The van der Waals surface area contributed by atoms with Crippen LogP contribution in [0.5, 0.6) is 0 Å². The normalized spacial score (nSPS) is 24.1. The summed E-state index contributed by atoms with van der Waals surface area (Å²) in [5, 5.41) is 0. The minimum absolute atomic E-state index is 0.0432. The summed E-state index contributed by atoms with van der Waals surface area (Å²) in [4.78, 5) is 3.71. The molecule has 0 radical (unpaired) electrons. The topological polar surface area (TPSA) is 73.6 Å². The lowest BCUT2D eigenvalue weighted by atomic mass is 9.90. The van der Waals surface area contributed by atoms with Gasteiger partial charge in [0.25, 0.3) is 6.43 Å². The Balaban J connectivity index is 2.61. The lowest BCUT2D eigenvalue weighted by molar-refractivity contribution is -0.0145. The highest BCUT2D eigenvalue weighted by Crippen LogP contribution is 2.37. The number of alkyl halides is 2. The summed E-state index contributed by atoms with van der Waals surface area (Å²) in [6.45, 7) is -0.482. The molecule has 1 aromatic rings. The van der Waals surface area contributed by atoms with Gasteiger partial charge in [-0.3, -0.25) is 4.99 Å². The number of aliphatic imine (C=N–C) groups is 1. The zero-order valence-corrected chi connectivity index (χ0v) is 9.37. The minimum atomic E-state index is -2.95. The predicted octanol–water partition coefficient (Wildman–Crippen LogP) is 1.26. The molecule has 1 aliphatic rings. The molecule has 0 aromatic heterocycles. The molecule has 0 amide bonds. The summed E-state index contributed by atoms with van der Waals surface area (Å²) in [6.07, 6.45) is -2.95. The summed E-state index contributed by atoms with van der Waals surface area (Å²) >= 11 is 0. The van der Waals surface area contributed by atoms with Crippen molar-refractivity contribution < 1.29 is 17.9 Å². The van der Waals surface area contributed by atoms with Gasteiger partial charge in [-0.05, 0) is 18.2 Å². The van der Waals surface area contributed by atoms with Gasteiger partial charge in [-0.15, -0.1) is 0 Å². The van der Waals surface area contributed by atoms with Gasteiger partial charge in [0, 0.05) is 11.3 Å². The lowest BCUT2D eigenvalue weighted by Gasteiger charge is -2.33. The van der Waals surface area contributed by atoms with Crippen molar-refractivity contribution in [2.24, 2.45) is 10.7 Å². The van der Waals surface area contributed by atoms with Crippen LogP contribution in [0.25, 0.3) is 0 Å². The molecule has 4 nitrogen and oxygen atoms in total. The van der Waals surface area contributed by atoms with Crippen LogP contribution >= 0.6 is 0 Å². The second-order valence-electron chi connectivity index (χ2n) is 4.06. The first kappa shape index (κ1) is 12.7. The van der Waals surface area contributed by atoms with E-state index in [2.05, 4.69) is 4.99 Å². The molecule has 0 saturated heterocycles. The van der Waals surface area contributed by atoms with Gasteiger partial charge in [-0.2, -0.15) is 0 Å². The van der Waals surface area contributed by atoms with Crippen LogP contribution in [0, 0.1) is 5.82 Å². The van der Waals surface area contributed by atoms with Gasteiger partial charge >= 0.3 is 0 Å². The largest absolute Gasteiger partial charge is 0.399 e. The molecule has 1 heterocycles. The first-order chi connectivity index (χ1) is 8.45. The lowest BCUT2D eigenvalue weighted by Crippen LogP contribution is -2.45. The molecule has 0 fully saturated rings. The molecule has 18 heavy (non-hydrogen) atoms. The molecule has 1 aliphatic heterocycles. The van der Waals surface area contributed by atoms with E-state index in [1.807, 2.05) is 0 Å². The third-order valence-corrected chi connectivity index (χ3v) is 2.73. The number of nitrogen functional groups attached to an aromatic ring is 1. The third-order valence-electron chi connectivity index (χ3n) is 2.73. The molecule has 4 N–H and O–H groups in total. The minimum Gasteiger partial charge on any atom is -0.399 e. The van der Waals surface area contributed by atoms with Crippen LogP contribution in [0.3, 0.4) is 0 Å². The van der Waals surface area contributed by atoms with Crippen molar-refractivity contribution in [2.75, 3.05) is 18.9 Å². The van der Waals surface area contributed by atoms with Crippen LogP contribution in [0.15, 0.2) is 23.2 Å². The molecule has 1 atom stereocenters. The van der Waals surface area contributed by atoms with Gasteiger partial charge in [-0.1, -0.05) is 0 Å². The summed E-state index contributed by atoms with van der Waals surface area (Å²) < 4.78 is 45.3. The second kappa shape index (κ2) is 4.49. The fourth-order valence-corrected chi connectivity index (χ4v) is 1.87. The highest BCUT2D eigenvalue weighted by atomic mass is 19.3. The quantitative estimate of drug-likeness (QED) is 0.785. The molecular weight excluding hydrogens is 247 g/mol. The Morgan fingerprint density at radius 1 is 1.33 bits per heavy atom. The summed E-state index contributed by atoms with van der Waals surface area (Å²) in [7, 11) is 0. The second-order valence-corrected chi connectivity index (χ2v) is 4.06. The number of nitrogens with two attached hydrogens (primary N) is 2. The molecule has 2 rings (SSSR count). The van der Waals surface area contributed by atoms with Crippen molar-refractivity contribution in [3.63, 3.8) is 0 Å². The van der Waals surface area contributed by atoms with E-state index in [0.29, 0.717) is 0 Å². The van der Waals surface area contributed by atoms with Crippen LogP contribution in [0.4, 0.5) is 18.9 Å². The fourth-order valence-electron chi connectivity index (χ4n) is 1.87. The maximum absolute atomic E-state index is 13.7. The number of hydrogen-bond acceptors (Lipinski definition) is 4. The number of nitrogens with zero attached hydrogens (tertiary/aromatic N) is 1. The van der Waals surface area contributed by atoms with Gasteiger partial charge in [-0.25, -0.2) is 13.2 Å². The van der Waals surface area contributed by atoms with Crippen LogP contribution in [-0.2, 0) is 10.3 Å². The smallest absolute Gasteiger partial charge is 0.269 e. The molecule has 0 bridgehead atoms. The Morgan fingerprint density at radius 2 is 2.06 bits per heavy atom. The van der Waals surface area contributed by atoms with Crippen molar-refractivity contribution in [1.82, 2.24) is 0 Å². The zero-order valence-electron chi connectivity index (χ0n) is 9.37.